The van der Waals surface area contributed by atoms with Gasteiger partial charge in [-0.1, -0.05) is 0 Å². The van der Waals surface area contributed by atoms with Crippen molar-refractivity contribution < 1.29 is 24.8 Å². The number of aliphatic hydroxyl groups excluding tert-OH is 3. The average Bonchev–Trinajstić information content (AvgIpc) is 2.73. The molecular formula is C11H13N3O7. The summed E-state index contributed by atoms with van der Waals surface area (Å²) in [7, 11) is 1.20. The van der Waals surface area contributed by atoms with Crippen LogP contribution in [0.5, 0.6) is 5.75 Å². The highest BCUT2D eigenvalue weighted by molar-refractivity contribution is 5.16. The van der Waals surface area contributed by atoms with E-state index >= 15 is 0 Å². The standard InChI is InChI=1S/C11H13N3O7/c1-20-5-2-14(10(19)13-8(5)18)9-6(16)7(17)11(3-12,4-15)21-9/h2,6-7,9,15-17H,4H2,1H3,(H,13,18,19)/t6?,7?,9-,11-/m1/s1. The molecule has 0 aromatic carbocycles. The van der Waals surface area contributed by atoms with Crippen LogP contribution in [-0.4, -0.2) is 56.4 Å². The van der Waals surface area contributed by atoms with Crippen molar-refractivity contribution in [3.05, 3.63) is 27.0 Å². The Morgan fingerprint density at radius 3 is 2.71 bits per heavy atom. The Labute approximate surface area is 117 Å². The van der Waals surface area contributed by atoms with Crippen LogP contribution in [0.3, 0.4) is 0 Å². The van der Waals surface area contributed by atoms with Crippen LogP contribution < -0.4 is 16.0 Å². The van der Waals surface area contributed by atoms with Gasteiger partial charge >= 0.3 is 5.69 Å². The summed E-state index contributed by atoms with van der Waals surface area (Å²) in [4.78, 5) is 25.1. The summed E-state index contributed by atoms with van der Waals surface area (Å²) in [5.74, 6) is -0.224. The van der Waals surface area contributed by atoms with Gasteiger partial charge in [0.2, 0.25) is 11.4 Å². The maximum atomic E-state index is 11.8. The van der Waals surface area contributed by atoms with Crippen LogP contribution in [0.2, 0.25) is 0 Å². The van der Waals surface area contributed by atoms with Crippen molar-refractivity contribution in [2.45, 2.75) is 24.0 Å². The largest absolute Gasteiger partial charge is 0.490 e. The Kier molecular flexibility index (Phi) is 3.84. The highest BCUT2D eigenvalue weighted by Crippen LogP contribution is 2.36. The van der Waals surface area contributed by atoms with E-state index in [0.717, 1.165) is 10.8 Å². The molecule has 1 fully saturated rings. The van der Waals surface area contributed by atoms with Gasteiger partial charge in [0.15, 0.2) is 6.23 Å². The number of rotatable bonds is 3. The Morgan fingerprint density at radius 2 is 2.24 bits per heavy atom. The lowest BCUT2D eigenvalue weighted by molar-refractivity contribution is -0.0949. The summed E-state index contributed by atoms with van der Waals surface area (Å²) in [6.45, 7) is -0.881. The number of aromatic amines is 1. The number of aliphatic hydroxyl groups is 3. The molecule has 2 unspecified atom stereocenters. The molecule has 1 aromatic heterocycles. The molecule has 114 valence electrons. The van der Waals surface area contributed by atoms with Crippen LogP contribution in [0.1, 0.15) is 6.23 Å². The summed E-state index contributed by atoms with van der Waals surface area (Å²) in [6.07, 6.45) is -3.88. The second-order valence-electron chi connectivity index (χ2n) is 4.47. The Morgan fingerprint density at radius 1 is 1.57 bits per heavy atom. The number of aromatic nitrogens is 2. The van der Waals surface area contributed by atoms with E-state index in [1.165, 1.54) is 7.11 Å². The Balaban J connectivity index is 2.52. The van der Waals surface area contributed by atoms with Gasteiger partial charge in [0.05, 0.1) is 19.9 Å². The Hall–Kier alpha value is -2.19. The summed E-state index contributed by atoms with van der Waals surface area (Å²) in [5, 5.41) is 38.0. The molecule has 1 aliphatic heterocycles. The first kappa shape index (κ1) is 15.2. The minimum absolute atomic E-state index is 0.224. The topological polar surface area (TPSA) is 158 Å². The van der Waals surface area contributed by atoms with E-state index in [1.54, 1.807) is 6.07 Å². The number of nitriles is 1. The van der Waals surface area contributed by atoms with Crippen molar-refractivity contribution >= 4 is 0 Å². The second-order valence-corrected chi connectivity index (χ2v) is 4.47. The molecule has 10 heteroatoms. The third-order valence-corrected chi connectivity index (χ3v) is 3.28. The van der Waals surface area contributed by atoms with Crippen molar-refractivity contribution in [3.63, 3.8) is 0 Å². The molecule has 4 N–H and O–H groups in total. The molecular weight excluding hydrogens is 286 g/mol. The van der Waals surface area contributed by atoms with E-state index in [-0.39, 0.29) is 5.75 Å². The zero-order valence-corrected chi connectivity index (χ0v) is 10.9. The Bertz CT molecular complexity index is 690. The fourth-order valence-electron chi connectivity index (χ4n) is 2.07. The van der Waals surface area contributed by atoms with Crippen LogP contribution in [0.15, 0.2) is 15.8 Å². The van der Waals surface area contributed by atoms with Crippen molar-refractivity contribution in [3.8, 4) is 11.8 Å². The van der Waals surface area contributed by atoms with Crippen molar-refractivity contribution in [2.24, 2.45) is 0 Å². The molecule has 0 aliphatic carbocycles. The minimum Gasteiger partial charge on any atom is -0.490 e. The molecule has 0 saturated carbocycles. The number of hydrogen-bond donors (Lipinski definition) is 4. The van der Waals surface area contributed by atoms with Gasteiger partial charge < -0.3 is 24.8 Å². The van der Waals surface area contributed by atoms with E-state index in [4.69, 9.17) is 14.7 Å². The van der Waals surface area contributed by atoms with E-state index in [1.807, 2.05) is 4.98 Å². The van der Waals surface area contributed by atoms with Crippen molar-refractivity contribution in [1.29, 1.82) is 5.26 Å². The fraction of sp³-hybridized carbons (Fsp3) is 0.545. The van der Waals surface area contributed by atoms with Crippen LogP contribution in [-0.2, 0) is 4.74 Å². The first-order valence-corrected chi connectivity index (χ1v) is 5.85. The molecule has 2 heterocycles. The number of ether oxygens (including phenoxy) is 2. The van der Waals surface area contributed by atoms with Crippen molar-refractivity contribution in [1.82, 2.24) is 9.55 Å². The van der Waals surface area contributed by atoms with Crippen LogP contribution in [0.25, 0.3) is 0 Å². The fourth-order valence-corrected chi connectivity index (χ4v) is 2.07. The molecule has 0 spiro atoms. The van der Waals surface area contributed by atoms with Gasteiger partial charge in [-0.3, -0.25) is 14.3 Å². The minimum atomic E-state index is -2.06. The predicted octanol–water partition coefficient (Wildman–Crippen LogP) is -2.95. The highest BCUT2D eigenvalue weighted by Gasteiger charge is 2.55. The SMILES string of the molecule is COc1cn([C@@H]2O[C@](C#N)(CO)C(O)C2O)c(=O)[nH]c1=O. The summed E-state index contributed by atoms with van der Waals surface area (Å²) in [5.41, 5.74) is -3.77. The summed E-state index contributed by atoms with van der Waals surface area (Å²) in [6, 6.07) is 1.57. The number of methoxy groups -OCH3 is 1. The van der Waals surface area contributed by atoms with Gasteiger partial charge in [0.1, 0.15) is 18.3 Å². The first-order valence-electron chi connectivity index (χ1n) is 5.85. The number of nitrogens with zero attached hydrogens (tertiary/aromatic N) is 2. The monoisotopic (exact) mass is 299 g/mol. The van der Waals surface area contributed by atoms with E-state index < -0.39 is 41.9 Å². The summed E-state index contributed by atoms with van der Waals surface area (Å²) < 4.78 is 10.7. The van der Waals surface area contributed by atoms with E-state index in [2.05, 4.69) is 0 Å². The third kappa shape index (κ3) is 2.22. The van der Waals surface area contributed by atoms with Gasteiger partial charge in [-0.2, -0.15) is 5.26 Å². The van der Waals surface area contributed by atoms with Gasteiger partial charge in [-0.15, -0.1) is 0 Å². The molecule has 0 bridgehead atoms. The van der Waals surface area contributed by atoms with Crippen LogP contribution in [0.4, 0.5) is 0 Å². The highest BCUT2D eigenvalue weighted by atomic mass is 16.6. The zero-order valence-electron chi connectivity index (χ0n) is 10.9. The molecule has 10 nitrogen and oxygen atoms in total. The average molecular weight is 299 g/mol. The van der Waals surface area contributed by atoms with Crippen molar-refractivity contribution in [2.75, 3.05) is 13.7 Å². The number of nitrogens with one attached hydrogen (secondary N) is 1. The molecule has 1 aromatic rings. The molecule has 21 heavy (non-hydrogen) atoms. The van der Waals surface area contributed by atoms with E-state index in [0.29, 0.717) is 0 Å². The van der Waals surface area contributed by atoms with Crippen LogP contribution in [0, 0.1) is 11.3 Å². The van der Waals surface area contributed by atoms with Gasteiger partial charge in [-0.05, 0) is 0 Å². The lowest BCUT2D eigenvalue weighted by Crippen LogP contribution is -2.45. The quantitative estimate of drug-likeness (QED) is 0.461. The van der Waals surface area contributed by atoms with Gasteiger partial charge in [0.25, 0.3) is 5.56 Å². The predicted molar refractivity (Wildman–Crippen MR) is 65.4 cm³/mol. The number of H-pyrrole nitrogens is 1. The molecule has 0 radical (unpaired) electrons. The molecule has 0 amide bonds. The lowest BCUT2D eigenvalue weighted by Gasteiger charge is -2.21. The second kappa shape index (κ2) is 5.30. The van der Waals surface area contributed by atoms with Gasteiger partial charge in [0, 0.05) is 0 Å². The van der Waals surface area contributed by atoms with Gasteiger partial charge in [-0.25, -0.2) is 4.79 Å². The zero-order chi connectivity index (χ0) is 15.8. The molecule has 2 rings (SSSR count). The maximum Gasteiger partial charge on any atom is 0.330 e. The van der Waals surface area contributed by atoms with E-state index in [9.17, 15) is 24.9 Å². The van der Waals surface area contributed by atoms with Crippen LogP contribution >= 0.6 is 0 Å². The maximum absolute atomic E-state index is 11.8. The smallest absolute Gasteiger partial charge is 0.330 e. The summed E-state index contributed by atoms with van der Waals surface area (Å²) >= 11 is 0. The lowest BCUT2D eigenvalue weighted by atomic mass is 9.98. The molecule has 4 atom stereocenters. The third-order valence-electron chi connectivity index (χ3n) is 3.28. The molecule has 1 saturated heterocycles. The first-order chi connectivity index (χ1) is 9.90. The normalized spacial score (nSPS) is 31.9. The number of hydrogen-bond acceptors (Lipinski definition) is 8. The molecule has 1 aliphatic rings.